The largest absolute Gasteiger partial charge is 0.379 e. The van der Waals surface area contributed by atoms with Crippen LogP contribution >= 0.6 is 0 Å². The molecule has 5 nitrogen and oxygen atoms in total. The van der Waals surface area contributed by atoms with Crippen molar-refractivity contribution in [2.75, 3.05) is 32.8 Å². The van der Waals surface area contributed by atoms with Gasteiger partial charge in [0.05, 0.1) is 24.3 Å². The van der Waals surface area contributed by atoms with Crippen LogP contribution in [0.3, 0.4) is 0 Å². The van der Waals surface area contributed by atoms with Gasteiger partial charge in [-0.3, -0.25) is 14.7 Å². The first kappa shape index (κ1) is 15.9. The lowest BCUT2D eigenvalue weighted by atomic mass is 10.0. The zero-order chi connectivity index (χ0) is 16.3. The van der Waals surface area contributed by atoms with Gasteiger partial charge in [0.2, 0.25) is 0 Å². The van der Waals surface area contributed by atoms with Gasteiger partial charge in [-0.05, 0) is 26.0 Å². The standard InChI is InChI=1S/C18H23N3O2/c1-18(2,21-9-11-23-12-10-21)13-20-17(22)15-7-8-19-16-6-4-3-5-14(15)16/h3-8H,9-13H2,1-2H3,(H,20,22). The summed E-state index contributed by atoms with van der Waals surface area (Å²) in [5.74, 6) is -0.0510. The van der Waals surface area contributed by atoms with E-state index in [1.54, 1.807) is 12.3 Å². The van der Waals surface area contributed by atoms with Crippen molar-refractivity contribution in [2.45, 2.75) is 19.4 Å². The molecule has 0 atom stereocenters. The van der Waals surface area contributed by atoms with Gasteiger partial charge in [0, 0.05) is 36.8 Å². The number of morpholine rings is 1. The third-order valence-electron chi connectivity index (χ3n) is 4.44. The minimum atomic E-state index is -0.0950. The summed E-state index contributed by atoms with van der Waals surface area (Å²) >= 11 is 0. The Labute approximate surface area is 136 Å². The number of ether oxygens (including phenoxy) is 1. The Morgan fingerprint density at radius 2 is 2.00 bits per heavy atom. The Balaban J connectivity index is 1.71. The number of aromatic nitrogens is 1. The van der Waals surface area contributed by atoms with E-state index in [2.05, 4.69) is 29.0 Å². The second-order valence-electron chi connectivity index (χ2n) is 6.47. The van der Waals surface area contributed by atoms with Gasteiger partial charge in [-0.2, -0.15) is 0 Å². The Morgan fingerprint density at radius 1 is 1.26 bits per heavy atom. The van der Waals surface area contributed by atoms with E-state index < -0.39 is 0 Å². The van der Waals surface area contributed by atoms with Crippen LogP contribution in [0, 0.1) is 0 Å². The van der Waals surface area contributed by atoms with E-state index in [1.807, 2.05) is 24.3 Å². The molecule has 1 amide bonds. The number of nitrogens with zero attached hydrogens (tertiary/aromatic N) is 2. The molecule has 122 valence electrons. The fourth-order valence-corrected chi connectivity index (χ4v) is 2.97. The van der Waals surface area contributed by atoms with Crippen molar-refractivity contribution in [3.63, 3.8) is 0 Å². The Morgan fingerprint density at radius 3 is 2.78 bits per heavy atom. The van der Waals surface area contributed by atoms with Crippen LogP contribution < -0.4 is 5.32 Å². The lowest BCUT2D eigenvalue weighted by Crippen LogP contribution is -2.55. The minimum absolute atomic E-state index is 0.0510. The van der Waals surface area contributed by atoms with Gasteiger partial charge in [0.15, 0.2) is 0 Å². The Bertz CT molecular complexity index is 688. The number of pyridine rings is 1. The predicted octanol–water partition coefficient (Wildman–Crippen LogP) is 2.08. The Kier molecular flexibility index (Phi) is 4.59. The van der Waals surface area contributed by atoms with E-state index in [-0.39, 0.29) is 11.4 Å². The molecule has 0 aliphatic carbocycles. The van der Waals surface area contributed by atoms with Crippen molar-refractivity contribution >= 4 is 16.8 Å². The maximum absolute atomic E-state index is 12.6. The maximum atomic E-state index is 12.6. The predicted molar refractivity (Wildman–Crippen MR) is 90.5 cm³/mol. The summed E-state index contributed by atoms with van der Waals surface area (Å²) < 4.78 is 5.40. The molecule has 2 heterocycles. The summed E-state index contributed by atoms with van der Waals surface area (Å²) in [5, 5.41) is 3.97. The van der Waals surface area contributed by atoms with Crippen LogP contribution in [0.5, 0.6) is 0 Å². The molecule has 0 saturated carbocycles. The number of carbonyl (C=O) groups excluding carboxylic acids is 1. The summed E-state index contributed by atoms with van der Waals surface area (Å²) in [6, 6.07) is 9.49. The number of fused-ring (bicyclic) bond motifs is 1. The number of benzene rings is 1. The first-order chi connectivity index (χ1) is 11.1. The number of rotatable bonds is 4. The SMILES string of the molecule is CC(C)(CNC(=O)c1ccnc2ccccc12)N1CCOCC1. The molecular formula is C18H23N3O2. The molecule has 0 radical (unpaired) electrons. The third-order valence-corrected chi connectivity index (χ3v) is 4.44. The van der Waals surface area contributed by atoms with E-state index in [9.17, 15) is 4.79 Å². The van der Waals surface area contributed by atoms with Crippen molar-refractivity contribution < 1.29 is 9.53 Å². The molecule has 2 aromatic rings. The molecule has 0 unspecified atom stereocenters. The summed E-state index contributed by atoms with van der Waals surface area (Å²) in [4.78, 5) is 19.3. The smallest absolute Gasteiger partial charge is 0.252 e. The number of para-hydroxylation sites is 1. The first-order valence-electron chi connectivity index (χ1n) is 8.03. The number of carbonyl (C=O) groups is 1. The van der Waals surface area contributed by atoms with Crippen molar-refractivity contribution in [1.82, 2.24) is 15.2 Å². The number of amides is 1. The average Bonchev–Trinajstić information content (AvgIpc) is 2.60. The molecule has 1 aromatic carbocycles. The molecule has 0 spiro atoms. The highest BCUT2D eigenvalue weighted by Crippen LogP contribution is 2.18. The summed E-state index contributed by atoms with van der Waals surface area (Å²) in [7, 11) is 0. The molecule has 1 aliphatic rings. The van der Waals surface area contributed by atoms with E-state index in [1.165, 1.54) is 0 Å². The van der Waals surface area contributed by atoms with Crippen LogP contribution in [0.4, 0.5) is 0 Å². The summed E-state index contributed by atoms with van der Waals surface area (Å²) in [5.41, 5.74) is 1.42. The first-order valence-corrected chi connectivity index (χ1v) is 8.03. The van der Waals surface area contributed by atoms with Crippen LogP contribution in [0.15, 0.2) is 36.5 Å². The van der Waals surface area contributed by atoms with Crippen LogP contribution in [0.25, 0.3) is 10.9 Å². The van der Waals surface area contributed by atoms with Crippen molar-refractivity contribution in [1.29, 1.82) is 0 Å². The van der Waals surface area contributed by atoms with Crippen LogP contribution in [0.2, 0.25) is 0 Å². The monoisotopic (exact) mass is 313 g/mol. The highest BCUT2D eigenvalue weighted by atomic mass is 16.5. The van der Waals surface area contributed by atoms with Crippen molar-refractivity contribution in [3.8, 4) is 0 Å². The summed E-state index contributed by atoms with van der Waals surface area (Å²) in [6.45, 7) is 8.23. The maximum Gasteiger partial charge on any atom is 0.252 e. The highest BCUT2D eigenvalue weighted by Gasteiger charge is 2.28. The van der Waals surface area contributed by atoms with Crippen LogP contribution in [0.1, 0.15) is 24.2 Å². The molecule has 1 saturated heterocycles. The fourth-order valence-electron chi connectivity index (χ4n) is 2.97. The molecule has 1 fully saturated rings. The molecule has 1 N–H and O–H groups in total. The number of hydrogen-bond donors (Lipinski definition) is 1. The zero-order valence-electron chi connectivity index (χ0n) is 13.7. The van der Waals surface area contributed by atoms with Gasteiger partial charge in [0.1, 0.15) is 0 Å². The van der Waals surface area contributed by atoms with Gasteiger partial charge < -0.3 is 10.1 Å². The van der Waals surface area contributed by atoms with E-state index in [0.29, 0.717) is 12.1 Å². The Hall–Kier alpha value is -1.98. The molecule has 23 heavy (non-hydrogen) atoms. The molecule has 5 heteroatoms. The highest BCUT2D eigenvalue weighted by molar-refractivity contribution is 6.05. The van der Waals surface area contributed by atoms with Gasteiger partial charge in [-0.25, -0.2) is 0 Å². The molecule has 1 aliphatic heterocycles. The van der Waals surface area contributed by atoms with Gasteiger partial charge in [-0.1, -0.05) is 18.2 Å². The normalized spacial score (nSPS) is 16.4. The lowest BCUT2D eigenvalue weighted by molar-refractivity contribution is -0.00922. The van der Waals surface area contributed by atoms with Gasteiger partial charge >= 0.3 is 0 Å². The molecular weight excluding hydrogens is 290 g/mol. The van der Waals surface area contributed by atoms with Crippen molar-refractivity contribution in [2.24, 2.45) is 0 Å². The zero-order valence-corrected chi connectivity index (χ0v) is 13.7. The van der Waals surface area contributed by atoms with E-state index in [4.69, 9.17) is 4.74 Å². The molecule has 1 aromatic heterocycles. The lowest BCUT2D eigenvalue weighted by Gasteiger charge is -2.40. The van der Waals surface area contributed by atoms with E-state index >= 15 is 0 Å². The molecule has 3 rings (SSSR count). The quantitative estimate of drug-likeness (QED) is 0.939. The average molecular weight is 313 g/mol. The number of nitrogens with one attached hydrogen (secondary N) is 1. The number of hydrogen-bond acceptors (Lipinski definition) is 4. The minimum Gasteiger partial charge on any atom is -0.379 e. The van der Waals surface area contributed by atoms with Gasteiger partial charge in [-0.15, -0.1) is 0 Å². The fraction of sp³-hybridized carbons (Fsp3) is 0.444. The topological polar surface area (TPSA) is 54.5 Å². The second kappa shape index (κ2) is 6.64. The van der Waals surface area contributed by atoms with Crippen LogP contribution in [-0.2, 0) is 4.74 Å². The van der Waals surface area contributed by atoms with Crippen LogP contribution in [-0.4, -0.2) is 54.2 Å². The molecule has 0 bridgehead atoms. The summed E-state index contributed by atoms with van der Waals surface area (Å²) in [6.07, 6.45) is 1.68. The third kappa shape index (κ3) is 3.51. The van der Waals surface area contributed by atoms with Crippen molar-refractivity contribution in [3.05, 3.63) is 42.1 Å². The second-order valence-corrected chi connectivity index (χ2v) is 6.47. The van der Waals surface area contributed by atoms with Gasteiger partial charge in [0.25, 0.3) is 5.91 Å². The van der Waals surface area contributed by atoms with E-state index in [0.717, 1.165) is 37.2 Å².